The Balaban J connectivity index is 1.84. The van der Waals surface area contributed by atoms with E-state index in [0.717, 1.165) is 0 Å². The van der Waals surface area contributed by atoms with Gasteiger partial charge in [0.2, 0.25) is 0 Å². The minimum atomic E-state index is -1.65. The number of aliphatic hydroxyl groups excluding tert-OH is 4. The van der Waals surface area contributed by atoms with Crippen LogP contribution in [0.25, 0.3) is 0 Å². The van der Waals surface area contributed by atoms with Crippen LogP contribution in [0.1, 0.15) is 5.56 Å². The van der Waals surface area contributed by atoms with Gasteiger partial charge in [-0.2, -0.15) is 0 Å². The fourth-order valence-corrected chi connectivity index (χ4v) is 2.19. The largest absolute Gasteiger partial charge is 0.463 e. The van der Waals surface area contributed by atoms with Crippen molar-refractivity contribution in [2.24, 2.45) is 0 Å². The van der Waals surface area contributed by atoms with Crippen LogP contribution in [0.4, 0.5) is 0 Å². The Morgan fingerprint density at radius 1 is 1.09 bits per heavy atom. The lowest BCUT2D eigenvalue weighted by molar-refractivity contribution is -0.287. The van der Waals surface area contributed by atoms with Crippen molar-refractivity contribution in [3.63, 3.8) is 0 Å². The second-order valence-electron chi connectivity index (χ2n) is 5.02. The molecular weight excluding hydrogens is 316 g/mol. The van der Waals surface area contributed by atoms with Gasteiger partial charge in [-0.1, -0.05) is 23.7 Å². The minimum Gasteiger partial charge on any atom is -0.463 e. The number of benzene rings is 1. The van der Waals surface area contributed by atoms with Gasteiger partial charge < -0.3 is 29.9 Å². The van der Waals surface area contributed by atoms with E-state index >= 15 is 0 Å². The Kier molecular flexibility index (Phi) is 5.74. The third-order valence-electron chi connectivity index (χ3n) is 3.36. The van der Waals surface area contributed by atoms with Crippen LogP contribution in [0.15, 0.2) is 24.3 Å². The van der Waals surface area contributed by atoms with Crippen LogP contribution in [0, 0.1) is 0 Å². The molecular formula is C14H17ClO7. The first kappa shape index (κ1) is 17.1. The molecule has 1 aliphatic heterocycles. The van der Waals surface area contributed by atoms with Crippen LogP contribution >= 0.6 is 11.6 Å². The van der Waals surface area contributed by atoms with Crippen LogP contribution in [0.2, 0.25) is 5.02 Å². The minimum absolute atomic E-state index is 0.00766. The maximum Gasteiger partial charge on any atom is 0.310 e. The summed E-state index contributed by atoms with van der Waals surface area (Å²) in [7, 11) is 0. The molecule has 0 aliphatic carbocycles. The lowest BCUT2D eigenvalue weighted by Crippen LogP contribution is -2.58. The third kappa shape index (κ3) is 4.16. The van der Waals surface area contributed by atoms with Gasteiger partial charge in [0.15, 0.2) is 6.29 Å². The van der Waals surface area contributed by atoms with Gasteiger partial charge >= 0.3 is 5.97 Å². The number of halogens is 1. The summed E-state index contributed by atoms with van der Waals surface area (Å²) in [5.41, 5.74) is 0.704. The molecule has 1 saturated heterocycles. The average molecular weight is 333 g/mol. The first-order valence-electron chi connectivity index (χ1n) is 6.66. The topological polar surface area (TPSA) is 116 Å². The first-order chi connectivity index (χ1) is 10.4. The fraction of sp³-hybridized carbons (Fsp3) is 0.500. The second kappa shape index (κ2) is 7.36. The molecule has 5 atom stereocenters. The average Bonchev–Trinajstić information content (AvgIpc) is 2.50. The van der Waals surface area contributed by atoms with Crippen LogP contribution in [0.3, 0.4) is 0 Å². The Bertz CT molecular complexity index is 506. The number of carbonyl (C=O) groups excluding carboxylic acids is 1. The summed E-state index contributed by atoms with van der Waals surface area (Å²) in [5.74, 6) is -0.562. The van der Waals surface area contributed by atoms with Crippen LogP contribution in [0.5, 0.6) is 0 Å². The molecule has 0 bridgehead atoms. The van der Waals surface area contributed by atoms with E-state index < -0.39 is 36.7 Å². The highest BCUT2D eigenvalue weighted by molar-refractivity contribution is 6.30. The fourth-order valence-electron chi connectivity index (χ4n) is 2.06. The highest BCUT2D eigenvalue weighted by atomic mass is 35.5. The molecule has 1 aromatic carbocycles. The van der Waals surface area contributed by atoms with Crippen LogP contribution < -0.4 is 0 Å². The molecule has 0 saturated carbocycles. The van der Waals surface area contributed by atoms with Crippen molar-refractivity contribution in [3.05, 3.63) is 34.9 Å². The molecule has 0 amide bonds. The van der Waals surface area contributed by atoms with Gasteiger partial charge in [-0.25, -0.2) is 0 Å². The molecule has 0 aromatic heterocycles. The van der Waals surface area contributed by atoms with E-state index in [-0.39, 0.29) is 13.0 Å². The molecule has 0 spiro atoms. The second-order valence-corrected chi connectivity index (χ2v) is 5.46. The summed E-state index contributed by atoms with van der Waals surface area (Å²) in [6.45, 7) is -0.353. The number of hydrogen-bond donors (Lipinski definition) is 4. The van der Waals surface area contributed by atoms with E-state index in [1.807, 2.05) is 0 Å². The molecule has 1 aliphatic rings. The highest BCUT2D eigenvalue weighted by Gasteiger charge is 2.43. The van der Waals surface area contributed by atoms with Crippen molar-refractivity contribution in [1.82, 2.24) is 0 Å². The van der Waals surface area contributed by atoms with E-state index in [9.17, 15) is 25.2 Å². The van der Waals surface area contributed by atoms with Crippen LogP contribution in [-0.2, 0) is 20.7 Å². The number of carbonyl (C=O) groups is 1. The van der Waals surface area contributed by atoms with Gasteiger partial charge in [0.05, 0.1) is 6.42 Å². The lowest BCUT2D eigenvalue weighted by Gasteiger charge is -2.37. The maximum atomic E-state index is 11.7. The number of rotatable bonds is 4. The molecule has 0 unspecified atom stereocenters. The van der Waals surface area contributed by atoms with Gasteiger partial charge in [-0.05, 0) is 17.7 Å². The monoisotopic (exact) mass is 332 g/mol. The molecule has 0 radical (unpaired) electrons. The Morgan fingerprint density at radius 2 is 1.73 bits per heavy atom. The van der Waals surface area contributed by atoms with Crippen molar-refractivity contribution in [1.29, 1.82) is 0 Å². The predicted molar refractivity (Wildman–Crippen MR) is 75.0 cm³/mol. The molecule has 4 N–H and O–H groups in total. The SMILES string of the molecule is O=C(Cc1ccc(Cl)cc1)OC[C@H]1O[C@@H](O)[C@H](O)[C@@H](O)[C@@H]1O. The van der Waals surface area contributed by atoms with Crippen molar-refractivity contribution in [2.75, 3.05) is 6.61 Å². The molecule has 1 heterocycles. The summed E-state index contributed by atoms with van der Waals surface area (Å²) < 4.78 is 9.86. The summed E-state index contributed by atoms with van der Waals surface area (Å²) in [5, 5.41) is 38.5. The summed E-state index contributed by atoms with van der Waals surface area (Å²) in [6.07, 6.45) is -7.43. The van der Waals surface area contributed by atoms with Gasteiger partial charge in [-0.3, -0.25) is 4.79 Å². The standard InChI is InChI=1S/C14H17ClO7/c15-8-3-1-7(2-4-8)5-10(16)21-6-9-11(17)12(18)13(19)14(20)22-9/h1-4,9,11-14,17-20H,5-6H2/t9-,11-,12+,13-,14-/m1/s1. The predicted octanol–water partition coefficient (Wildman–Crippen LogP) is -0.774. The van der Waals surface area contributed by atoms with Gasteiger partial charge in [0, 0.05) is 5.02 Å². The Labute approximate surface area is 131 Å². The summed E-state index contributed by atoms with van der Waals surface area (Å²) in [4.78, 5) is 11.7. The number of esters is 1. The molecule has 8 heteroatoms. The van der Waals surface area contributed by atoms with E-state index in [4.69, 9.17) is 21.1 Å². The maximum absolute atomic E-state index is 11.7. The first-order valence-corrected chi connectivity index (χ1v) is 7.04. The van der Waals surface area contributed by atoms with Gasteiger partial charge in [-0.15, -0.1) is 0 Å². The number of ether oxygens (including phenoxy) is 2. The zero-order valence-corrected chi connectivity index (χ0v) is 12.3. The summed E-state index contributed by atoms with van der Waals surface area (Å²) >= 11 is 5.74. The lowest BCUT2D eigenvalue weighted by atomic mass is 9.99. The number of hydrogen-bond acceptors (Lipinski definition) is 7. The van der Waals surface area contributed by atoms with E-state index in [2.05, 4.69) is 0 Å². The van der Waals surface area contributed by atoms with Crippen LogP contribution in [-0.4, -0.2) is 63.7 Å². The zero-order valence-electron chi connectivity index (χ0n) is 11.5. The highest BCUT2D eigenvalue weighted by Crippen LogP contribution is 2.20. The van der Waals surface area contributed by atoms with Crippen molar-refractivity contribution < 1.29 is 34.7 Å². The molecule has 2 rings (SSSR count). The third-order valence-corrected chi connectivity index (χ3v) is 3.61. The van der Waals surface area contributed by atoms with Crippen molar-refractivity contribution in [2.45, 2.75) is 37.1 Å². The number of aliphatic hydroxyl groups is 4. The van der Waals surface area contributed by atoms with E-state index in [1.54, 1.807) is 24.3 Å². The van der Waals surface area contributed by atoms with Crippen molar-refractivity contribution in [3.8, 4) is 0 Å². The molecule has 7 nitrogen and oxygen atoms in total. The Hall–Kier alpha value is -1.22. The zero-order chi connectivity index (χ0) is 16.3. The molecule has 22 heavy (non-hydrogen) atoms. The summed E-state index contributed by atoms with van der Waals surface area (Å²) in [6, 6.07) is 6.65. The quantitative estimate of drug-likeness (QED) is 0.535. The van der Waals surface area contributed by atoms with Gasteiger partial charge in [0.1, 0.15) is 31.0 Å². The van der Waals surface area contributed by atoms with Crippen molar-refractivity contribution >= 4 is 17.6 Å². The van der Waals surface area contributed by atoms with Gasteiger partial charge in [0.25, 0.3) is 0 Å². The Morgan fingerprint density at radius 3 is 2.36 bits per heavy atom. The van der Waals surface area contributed by atoms with E-state index in [0.29, 0.717) is 10.6 Å². The molecule has 1 fully saturated rings. The van der Waals surface area contributed by atoms with E-state index in [1.165, 1.54) is 0 Å². The molecule has 1 aromatic rings. The normalized spacial score (nSPS) is 31.8. The smallest absolute Gasteiger partial charge is 0.310 e. The molecule has 122 valence electrons.